The second-order valence-electron chi connectivity index (χ2n) is 4.95. The molecule has 0 spiro atoms. The van der Waals surface area contributed by atoms with Gasteiger partial charge in [-0.15, -0.1) is 0 Å². The maximum atomic E-state index is 11.1. The van der Waals surface area contributed by atoms with Crippen LogP contribution in [0, 0.1) is 5.92 Å². The highest BCUT2D eigenvalue weighted by Crippen LogP contribution is 2.29. The number of carboxylic acid groups (broad SMARTS) is 1. The molecule has 2 bridgehead atoms. The largest absolute Gasteiger partial charge is 0.476 e. The number of carbonyl (C=O) groups is 1. The third kappa shape index (κ3) is 2.03. The second-order valence-corrected chi connectivity index (χ2v) is 4.95. The predicted molar refractivity (Wildman–Crippen MR) is 65.6 cm³/mol. The van der Waals surface area contributed by atoms with E-state index in [0.29, 0.717) is 17.8 Å². The fourth-order valence-electron chi connectivity index (χ4n) is 2.90. The van der Waals surface area contributed by atoms with Gasteiger partial charge in [-0.2, -0.15) is 0 Å². The number of anilines is 1. The van der Waals surface area contributed by atoms with Gasteiger partial charge >= 0.3 is 5.97 Å². The first-order valence-corrected chi connectivity index (χ1v) is 6.27. The van der Waals surface area contributed by atoms with Crippen LogP contribution in [0.2, 0.25) is 0 Å². The Labute approximate surface area is 105 Å². The number of aromatic carboxylic acids is 1. The maximum absolute atomic E-state index is 11.1. The van der Waals surface area contributed by atoms with Gasteiger partial charge in [0.25, 0.3) is 0 Å². The summed E-state index contributed by atoms with van der Waals surface area (Å²) in [5, 5.41) is 12.3. The van der Waals surface area contributed by atoms with Gasteiger partial charge in [0.1, 0.15) is 0 Å². The predicted octanol–water partition coefficient (Wildman–Crippen LogP) is 0.681. The average molecular weight is 248 g/mol. The minimum Gasteiger partial charge on any atom is -0.476 e. The summed E-state index contributed by atoms with van der Waals surface area (Å²) in [6.07, 6.45) is 5.29. The number of hydrogen-bond acceptors (Lipinski definition) is 5. The normalized spacial score (nSPS) is 30.1. The van der Waals surface area contributed by atoms with Crippen LogP contribution in [0.4, 0.5) is 5.82 Å². The molecule has 4 heterocycles. The number of piperidine rings is 3. The van der Waals surface area contributed by atoms with Crippen LogP contribution in [0.15, 0.2) is 12.4 Å². The molecule has 3 saturated heterocycles. The Balaban J connectivity index is 1.78. The van der Waals surface area contributed by atoms with E-state index in [-0.39, 0.29) is 5.69 Å². The van der Waals surface area contributed by atoms with E-state index in [2.05, 4.69) is 20.2 Å². The zero-order chi connectivity index (χ0) is 12.5. The second kappa shape index (κ2) is 4.53. The lowest BCUT2D eigenvalue weighted by Crippen LogP contribution is -2.53. The lowest BCUT2D eigenvalue weighted by atomic mass is 9.84. The van der Waals surface area contributed by atoms with E-state index in [1.54, 1.807) is 0 Å². The molecular formula is C12H16N4O2. The topological polar surface area (TPSA) is 78.3 Å². The van der Waals surface area contributed by atoms with Gasteiger partial charge < -0.3 is 15.3 Å². The fraction of sp³-hybridized carbons (Fsp3) is 0.583. The standard InChI is InChI=1S/C12H16N4O2/c17-12(18)10-11(14-4-3-13-10)15-9-7-16-5-1-8(9)2-6-16/h3-4,8-9H,1-2,5-7H2,(H,14,15)(H,17,18). The van der Waals surface area contributed by atoms with Crippen molar-refractivity contribution in [3.63, 3.8) is 0 Å². The third-order valence-electron chi connectivity index (χ3n) is 3.88. The van der Waals surface area contributed by atoms with Crippen molar-refractivity contribution < 1.29 is 9.90 Å². The maximum Gasteiger partial charge on any atom is 0.358 e. The van der Waals surface area contributed by atoms with Crippen molar-refractivity contribution in [2.75, 3.05) is 25.0 Å². The van der Waals surface area contributed by atoms with E-state index in [0.717, 1.165) is 19.6 Å². The zero-order valence-electron chi connectivity index (χ0n) is 10.0. The molecule has 0 amide bonds. The molecule has 3 aliphatic heterocycles. The number of hydrogen-bond donors (Lipinski definition) is 2. The van der Waals surface area contributed by atoms with Crippen molar-refractivity contribution in [2.45, 2.75) is 18.9 Å². The number of fused-ring (bicyclic) bond motifs is 3. The van der Waals surface area contributed by atoms with Crippen molar-refractivity contribution >= 4 is 11.8 Å². The van der Waals surface area contributed by atoms with E-state index < -0.39 is 5.97 Å². The summed E-state index contributed by atoms with van der Waals surface area (Å²) in [6, 6.07) is 0.294. The van der Waals surface area contributed by atoms with E-state index in [1.807, 2.05) is 0 Å². The first-order valence-electron chi connectivity index (χ1n) is 6.27. The number of carboxylic acids is 1. The SMILES string of the molecule is O=C(O)c1nccnc1NC1CN2CCC1CC2. The molecule has 0 aliphatic carbocycles. The Kier molecular flexibility index (Phi) is 2.87. The minimum atomic E-state index is -1.04. The minimum absolute atomic E-state index is 0.00828. The molecule has 1 aromatic rings. The van der Waals surface area contributed by atoms with E-state index in [4.69, 9.17) is 5.11 Å². The Bertz CT molecular complexity index is 457. The quantitative estimate of drug-likeness (QED) is 0.819. The lowest BCUT2D eigenvalue weighted by molar-refractivity contribution is 0.0690. The van der Waals surface area contributed by atoms with Crippen molar-refractivity contribution in [1.82, 2.24) is 14.9 Å². The molecule has 96 valence electrons. The number of aromatic nitrogens is 2. The molecule has 0 aromatic carbocycles. The smallest absolute Gasteiger partial charge is 0.358 e. The molecular weight excluding hydrogens is 232 g/mol. The van der Waals surface area contributed by atoms with Gasteiger partial charge in [-0.3, -0.25) is 0 Å². The van der Waals surface area contributed by atoms with Crippen LogP contribution < -0.4 is 5.32 Å². The summed E-state index contributed by atoms with van der Waals surface area (Å²) in [4.78, 5) is 21.5. The van der Waals surface area contributed by atoms with Crippen molar-refractivity contribution in [1.29, 1.82) is 0 Å². The lowest BCUT2D eigenvalue weighted by Gasteiger charge is -2.45. The molecule has 0 radical (unpaired) electrons. The fourth-order valence-corrected chi connectivity index (χ4v) is 2.90. The Morgan fingerprint density at radius 3 is 2.67 bits per heavy atom. The van der Waals surface area contributed by atoms with Gasteiger partial charge in [0.2, 0.25) is 0 Å². The molecule has 1 aromatic heterocycles. The van der Waals surface area contributed by atoms with Gasteiger partial charge in [0.05, 0.1) is 0 Å². The van der Waals surface area contributed by atoms with Crippen LogP contribution in [0.1, 0.15) is 23.3 Å². The van der Waals surface area contributed by atoms with Crippen molar-refractivity contribution in [3.05, 3.63) is 18.1 Å². The Morgan fingerprint density at radius 1 is 1.33 bits per heavy atom. The summed E-state index contributed by atoms with van der Waals surface area (Å²) in [5.41, 5.74) is 0.00828. The van der Waals surface area contributed by atoms with Gasteiger partial charge in [-0.25, -0.2) is 14.8 Å². The average Bonchev–Trinajstić information content (AvgIpc) is 2.40. The molecule has 6 nitrogen and oxygen atoms in total. The van der Waals surface area contributed by atoms with Crippen LogP contribution in [-0.2, 0) is 0 Å². The molecule has 3 fully saturated rings. The molecule has 2 N–H and O–H groups in total. The molecule has 1 atom stereocenters. The molecule has 6 heteroatoms. The molecule has 0 saturated carbocycles. The highest BCUT2D eigenvalue weighted by atomic mass is 16.4. The molecule has 4 rings (SSSR count). The van der Waals surface area contributed by atoms with E-state index in [9.17, 15) is 4.79 Å². The third-order valence-corrected chi connectivity index (χ3v) is 3.88. The first-order chi connectivity index (χ1) is 8.74. The van der Waals surface area contributed by atoms with E-state index >= 15 is 0 Å². The summed E-state index contributed by atoms with van der Waals surface area (Å²) in [7, 11) is 0. The van der Waals surface area contributed by atoms with Gasteiger partial charge in [-0.1, -0.05) is 0 Å². The van der Waals surface area contributed by atoms with Gasteiger partial charge in [-0.05, 0) is 31.8 Å². The van der Waals surface area contributed by atoms with Crippen LogP contribution >= 0.6 is 0 Å². The first kappa shape index (κ1) is 11.4. The van der Waals surface area contributed by atoms with Crippen molar-refractivity contribution in [3.8, 4) is 0 Å². The van der Waals surface area contributed by atoms with Crippen LogP contribution in [0.25, 0.3) is 0 Å². The Morgan fingerprint density at radius 2 is 2.06 bits per heavy atom. The zero-order valence-corrected chi connectivity index (χ0v) is 10.0. The summed E-state index contributed by atoms with van der Waals surface area (Å²) < 4.78 is 0. The number of nitrogens with one attached hydrogen (secondary N) is 1. The van der Waals surface area contributed by atoms with Gasteiger partial charge in [0, 0.05) is 25.0 Å². The highest BCUT2D eigenvalue weighted by Gasteiger charge is 2.34. The van der Waals surface area contributed by atoms with Gasteiger partial charge in [0.15, 0.2) is 11.5 Å². The molecule has 18 heavy (non-hydrogen) atoms. The summed E-state index contributed by atoms with van der Waals surface area (Å²) in [5.74, 6) is -0.0192. The monoisotopic (exact) mass is 248 g/mol. The van der Waals surface area contributed by atoms with E-state index in [1.165, 1.54) is 25.2 Å². The summed E-state index contributed by atoms with van der Waals surface area (Å²) >= 11 is 0. The summed E-state index contributed by atoms with van der Waals surface area (Å²) in [6.45, 7) is 3.30. The van der Waals surface area contributed by atoms with Crippen LogP contribution in [0.3, 0.4) is 0 Å². The number of rotatable bonds is 3. The molecule has 3 aliphatic rings. The highest BCUT2D eigenvalue weighted by molar-refractivity contribution is 5.90. The Hall–Kier alpha value is -1.69. The molecule has 1 unspecified atom stereocenters. The number of nitrogens with zero attached hydrogens (tertiary/aromatic N) is 3. The van der Waals surface area contributed by atoms with Crippen LogP contribution in [-0.4, -0.2) is 51.6 Å². The van der Waals surface area contributed by atoms with Crippen LogP contribution in [0.5, 0.6) is 0 Å². The van der Waals surface area contributed by atoms with Crippen molar-refractivity contribution in [2.24, 2.45) is 5.92 Å².